The van der Waals surface area contributed by atoms with Crippen LogP contribution in [0.1, 0.15) is 26.2 Å². The second-order valence-electron chi connectivity index (χ2n) is 1.67. The molecule has 0 aliphatic carbocycles. The van der Waals surface area contributed by atoms with E-state index in [-0.39, 0.29) is 0 Å². The van der Waals surface area contributed by atoms with Crippen LogP contribution in [0.3, 0.4) is 0 Å². The maximum Gasteiger partial charge on any atom is 0.0149 e. The van der Waals surface area contributed by atoms with Gasteiger partial charge in [0.1, 0.15) is 0 Å². The zero-order valence-corrected chi connectivity index (χ0v) is 5.63. The van der Waals surface area contributed by atoms with E-state index in [9.17, 15) is 0 Å². The molecule has 7 heavy (non-hydrogen) atoms. The van der Waals surface area contributed by atoms with Gasteiger partial charge in [-0.15, -0.1) is 0 Å². The first-order valence-electron chi connectivity index (χ1n) is 2.76. The van der Waals surface area contributed by atoms with Crippen molar-refractivity contribution in [3.63, 3.8) is 0 Å². The lowest BCUT2D eigenvalue weighted by Crippen LogP contribution is -1.92. The third-order valence-corrected chi connectivity index (χ3v) is 1.55. The fourth-order valence-electron chi connectivity index (χ4n) is 0.432. The van der Waals surface area contributed by atoms with E-state index in [0.29, 0.717) is 5.25 Å². The van der Waals surface area contributed by atoms with Crippen LogP contribution in [0.5, 0.6) is 0 Å². The highest BCUT2D eigenvalue weighted by Crippen LogP contribution is 2.06. The lowest BCUT2D eigenvalue weighted by molar-refractivity contribution is 0.752. The predicted molar refractivity (Wildman–Crippen MR) is 36.3 cm³/mol. The molecular weight excluding hydrogens is 104 g/mol. The van der Waals surface area contributed by atoms with E-state index in [0.717, 1.165) is 19.3 Å². The van der Waals surface area contributed by atoms with Crippen molar-refractivity contribution in [2.24, 2.45) is 0 Å². The summed E-state index contributed by atoms with van der Waals surface area (Å²) in [6.07, 6.45) is 3.21. The zero-order valence-electron chi connectivity index (χ0n) is 4.81. The van der Waals surface area contributed by atoms with Crippen molar-refractivity contribution in [2.75, 3.05) is 0 Å². The van der Waals surface area contributed by atoms with Crippen molar-refractivity contribution < 1.29 is 0 Å². The molecule has 0 fully saturated rings. The fourth-order valence-corrected chi connectivity index (χ4v) is 0.598. The molecule has 0 heterocycles. The molecule has 1 atom stereocenters. The Morgan fingerprint density at radius 3 is 2.43 bits per heavy atom. The second-order valence-corrected chi connectivity index (χ2v) is 2.34. The van der Waals surface area contributed by atoms with Crippen molar-refractivity contribution in [3.05, 3.63) is 6.92 Å². The van der Waals surface area contributed by atoms with Gasteiger partial charge in [0.05, 0.1) is 0 Å². The van der Waals surface area contributed by atoms with Gasteiger partial charge in [-0.05, 0) is 12.8 Å². The molecule has 0 amide bonds. The van der Waals surface area contributed by atoms with Crippen LogP contribution in [-0.2, 0) is 0 Å². The Balaban J connectivity index is 2.83. The van der Waals surface area contributed by atoms with Crippen molar-refractivity contribution in [1.29, 1.82) is 0 Å². The molecule has 0 saturated carbocycles. The van der Waals surface area contributed by atoms with E-state index in [1.807, 2.05) is 0 Å². The summed E-state index contributed by atoms with van der Waals surface area (Å²) in [5.41, 5.74) is 0. The molecule has 0 aromatic heterocycles. The first-order chi connectivity index (χ1) is 3.31. The summed E-state index contributed by atoms with van der Waals surface area (Å²) in [7, 11) is 0. The van der Waals surface area contributed by atoms with Gasteiger partial charge in [0, 0.05) is 5.25 Å². The molecule has 0 spiro atoms. The quantitative estimate of drug-likeness (QED) is 0.531. The molecule has 0 rings (SSSR count). The minimum atomic E-state index is 0.470. The topological polar surface area (TPSA) is 0 Å². The van der Waals surface area contributed by atoms with E-state index in [1.54, 1.807) is 0 Å². The Morgan fingerprint density at radius 2 is 2.29 bits per heavy atom. The average Bonchev–Trinajstić information content (AvgIpc) is 1.68. The highest BCUT2D eigenvalue weighted by molar-refractivity contribution is 7.80. The number of hydrogen-bond acceptors (Lipinski definition) is 0. The van der Waals surface area contributed by atoms with E-state index >= 15 is 0 Å². The molecular formula is C6H12S. The molecule has 0 aromatic rings. The Kier molecular flexibility index (Phi) is 4.73. The minimum Gasteiger partial charge on any atom is -0.0905 e. The minimum absolute atomic E-state index is 0.470. The predicted octanol–water partition coefficient (Wildman–Crippen LogP) is 2.58. The molecule has 0 saturated heterocycles. The van der Waals surface area contributed by atoms with E-state index < -0.39 is 0 Å². The first kappa shape index (κ1) is 7.35. The van der Waals surface area contributed by atoms with E-state index in [4.69, 9.17) is 12.6 Å². The van der Waals surface area contributed by atoms with Crippen LogP contribution >= 0.6 is 12.6 Å². The summed E-state index contributed by atoms with van der Waals surface area (Å²) in [5.74, 6) is 0. The van der Waals surface area contributed by atoms with Crippen LogP contribution in [0.4, 0.5) is 0 Å². The highest BCUT2D eigenvalue weighted by Gasteiger charge is 1.94. The zero-order chi connectivity index (χ0) is 5.70. The summed E-state index contributed by atoms with van der Waals surface area (Å²) in [4.78, 5) is 0. The second kappa shape index (κ2) is 4.51. The molecule has 0 aliphatic rings. The molecule has 42 valence electrons. The summed E-state index contributed by atoms with van der Waals surface area (Å²) < 4.78 is 0. The van der Waals surface area contributed by atoms with E-state index in [1.165, 1.54) is 0 Å². The Labute approximate surface area is 51.7 Å². The molecule has 0 aliphatic heterocycles. The largest absolute Gasteiger partial charge is 0.0905 e. The SMILES string of the molecule is [CH2]CCC([S])CC. The van der Waals surface area contributed by atoms with Gasteiger partial charge in [-0.1, -0.05) is 32.9 Å². The maximum absolute atomic E-state index is 5.00. The van der Waals surface area contributed by atoms with Gasteiger partial charge in [-0.3, -0.25) is 0 Å². The Morgan fingerprint density at radius 1 is 1.71 bits per heavy atom. The molecule has 0 aromatic carbocycles. The standard InChI is InChI=1S/C6H12S/c1-3-5-6(7)4-2/h6H,1,3-5H2,2H3. The number of hydrogen-bond donors (Lipinski definition) is 0. The molecule has 1 unspecified atom stereocenters. The van der Waals surface area contributed by atoms with Gasteiger partial charge in [-0.25, -0.2) is 0 Å². The number of rotatable bonds is 3. The van der Waals surface area contributed by atoms with E-state index in [2.05, 4.69) is 13.8 Å². The van der Waals surface area contributed by atoms with Crippen LogP contribution in [0.25, 0.3) is 0 Å². The third kappa shape index (κ3) is 4.20. The van der Waals surface area contributed by atoms with Crippen molar-refractivity contribution in [1.82, 2.24) is 0 Å². The van der Waals surface area contributed by atoms with Crippen LogP contribution in [0.15, 0.2) is 0 Å². The Bertz CT molecular complexity index is 35.2. The lowest BCUT2D eigenvalue weighted by atomic mass is 10.2. The normalized spacial score (nSPS) is 14.1. The smallest absolute Gasteiger partial charge is 0.0149 e. The maximum atomic E-state index is 5.00. The summed E-state index contributed by atoms with van der Waals surface area (Å²) in [6, 6.07) is 0. The van der Waals surface area contributed by atoms with Crippen molar-refractivity contribution >= 4 is 12.6 Å². The highest BCUT2D eigenvalue weighted by atomic mass is 32.1. The molecule has 2 radical (unpaired) electrons. The van der Waals surface area contributed by atoms with Gasteiger partial charge in [-0.2, -0.15) is 0 Å². The summed E-state index contributed by atoms with van der Waals surface area (Å²) >= 11 is 5.00. The lowest BCUT2D eigenvalue weighted by Gasteiger charge is -2.00. The monoisotopic (exact) mass is 116 g/mol. The van der Waals surface area contributed by atoms with Crippen molar-refractivity contribution in [3.8, 4) is 0 Å². The van der Waals surface area contributed by atoms with Gasteiger partial charge < -0.3 is 0 Å². The average molecular weight is 116 g/mol. The third-order valence-electron chi connectivity index (χ3n) is 0.981. The fraction of sp³-hybridized carbons (Fsp3) is 0.833. The Hall–Kier alpha value is 0.350. The van der Waals surface area contributed by atoms with Crippen molar-refractivity contribution in [2.45, 2.75) is 31.4 Å². The molecule has 1 heteroatoms. The van der Waals surface area contributed by atoms with Crippen LogP contribution < -0.4 is 0 Å². The van der Waals surface area contributed by atoms with Gasteiger partial charge in [0.25, 0.3) is 0 Å². The van der Waals surface area contributed by atoms with Crippen LogP contribution in [-0.4, -0.2) is 5.25 Å². The van der Waals surface area contributed by atoms with Crippen LogP contribution in [0, 0.1) is 6.92 Å². The van der Waals surface area contributed by atoms with Gasteiger partial charge in [0.15, 0.2) is 0 Å². The van der Waals surface area contributed by atoms with Crippen LogP contribution in [0.2, 0.25) is 0 Å². The molecule has 0 nitrogen and oxygen atoms in total. The summed E-state index contributed by atoms with van der Waals surface area (Å²) in [6.45, 7) is 5.83. The molecule has 0 bridgehead atoms. The summed E-state index contributed by atoms with van der Waals surface area (Å²) in [5, 5.41) is 0.470. The van der Waals surface area contributed by atoms with Gasteiger partial charge >= 0.3 is 0 Å². The van der Waals surface area contributed by atoms with Gasteiger partial charge in [0.2, 0.25) is 0 Å². The first-order valence-corrected chi connectivity index (χ1v) is 3.23. The molecule has 0 N–H and O–H groups in total.